The summed E-state index contributed by atoms with van der Waals surface area (Å²) in [7, 11) is 0. The molecule has 3 fully saturated rings. The highest BCUT2D eigenvalue weighted by Crippen LogP contribution is 2.39. The second kappa shape index (κ2) is 10.5. The van der Waals surface area contributed by atoms with Crippen molar-refractivity contribution in [3.05, 3.63) is 45.1 Å². The quantitative estimate of drug-likeness (QED) is 0.335. The Morgan fingerprint density at radius 1 is 1.35 bits per heavy atom. The van der Waals surface area contributed by atoms with Gasteiger partial charge >= 0.3 is 0 Å². The molecule has 3 aliphatic rings. The smallest absolute Gasteiger partial charge is 0.262 e. The predicted molar refractivity (Wildman–Crippen MR) is 144 cm³/mol. The number of thioether (sulfide) groups is 1. The number of ether oxygens (including phenoxy) is 2. The van der Waals surface area contributed by atoms with Crippen LogP contribution in [-0.4, -0.2) is 78.2 Å². The van der Waals surface area contributed by atoms with Gasteiger partial charge in [0.2, 0.25) is 0 Å². The van der Waals surface area contributed by atoms with Crippen molar-refractivity contribution in [1.82, 2.24) is 14.5 Å². The molecule has 1 aromatic heterocycles. The lowest BCUT2D eigenvalue weighted by Gasteiger charge is -2.41. The molecule has 3 saturated heterocycles. The maximum absolute atomic E-state index is 14.5. The summed E-state index contributed by atoms with van der Waals surface area (Å²) in [6, 6.07) is 3.58. The van der Waals surface area contributed by atoms with Crippen LogP contribution in [0.1, 0.15) is 19.8 Å². The molecule has 0 radical (unpaired) electrons. The Labute approximate surface area is 223 Å². The van der Waals surface area contributed by atoms with Crippen LogP contribution < -0.4 is 11.3 Å². The van der Waals surface area contributed by atoms with Gasteiger partial charge in [-0.3, -0.25) is 14.4 Å². The SMILES string of the molecule is C=N/C(=C\N=C(C)N1CCC2(CC1)COC[C@H]2N)Sc1ccc2ncn(CC3(F)COC3)c(=O)c2c1Cl. The van der Waals surface area contributed by atoms with E-state index in [1.807, 2.05) is 6.92 Å². The van der Waals surface area contributed by atoms with Gasteiger partial charge in [0.1, 0.15) is 10.9 Å². The minimum Gasteiger partial charge on any atom is -0.379 e. The van der Waals surface area contributed by atoms with E-state index >= 15 is 0 Å². The Balaban J connectivity index is 1.32. The van der Waals surface area contributed by atoms with E-state index in [4.69, 9.17) is 26.8 Å². The Kier molecular flexibility index (Phi) is 7.43. The standard InChI is InChI=1S/C25H30ClFN6O3S/c1-16(32-7-5-24(6-8-32)12-35-10-19(24)28)30-9-20(29-2)37-18-4-3-17-21(22(18)26)23(34)33(15-31-17)11-25(27)13-36-14-25/h3-4,9,15,19H,2,5-8,10-14,28H2,1H3/b20-9+,30-16?/t19-/m1/s1. The van der Waals surface area contributed by atoms with Gasteiger partial charge in [0.25, 0.3) is 5.56 Å². The first-order chi connectivity index (χ1) is 17.7. The molecule has 0 unspecified atom stereocenters. The van der Waals surface area contributed by atoms with Gasteiger partial charge in [-0.1, -0.05) is 23.4 Å². The zero-order chi connectivity index (χ0) is 26.2. The number of amidine groups is 1. The van der Waals surface area contributed by atoms with E-state index in [0.717, 1.165) is 38.4 Å². The molecule has 2 N–H and O–H groups in total. The number of hydrogen-bond donors (Lipinski definition) is 1. The van der Waals surface area contributed by atoms with Crippen molar-refractivity contribution in [2.45, 2.75) is 42.9 Å². The van der Waals surface area contributed by atoms with Crippen LogP contribution >= 0.6 is 23.4 Å². The third kappa shape index (κ3) is 5.20. The number of aliphatic imine (C=N–C) groups is 2. The van der Waals surface area contributed by atoms with Crippen molar-refractivity contribution in [1.29, 1.82) is 0 Å². The molecule has 0 bridgehead atoms. The Morgan fingerprint density at radius 2 is 2.11 bits per heavy atom. The van der Waals surface area contributed by atoms with Crippen LogP contribution in [-0.2, 0) is 16.0 Å². The summed E-state index contributed by atoms with van der Waals surface area (Å²) in [4.78, 5) is 29.0. The molecule has 1 aromatic carbocycles. The summed E-state index contributed by atoms with van der Waals surface area (Å²) in [6.45, 7) is 8.51. The Morgan fingerprint density at radius 3 is 2.73 bits per heavy atom. The van der Waals surface area contributed by atoms with E-state index in [9.17, 15) is 9.18 Å². The summed E-state index contributed by atoms with van der Waals surface area (Å²) in [5.74, 6) is 0.876. The number of alkyl halides is 1. The van der Waals surface area contributed by atoms with Crippen LogP contribution in [0.25, 0.3) is 10.9 Å². The van der Waals surface area contributed by atoms with E-state index in [0.29, 0.717) is 22.0 Å². The molecule has 0 saturated carbocycles. The van der Waals surface area contributed by atoms with E-state index in [1.54, 1.807) is 18.3 Å². The first kappa shape index (κ1) is 26.3. The summed E-state index contributed by atoms with van der Waals surface area (Å²) in [5.41, 5.74) is 4.84. The lowest BCUT2D eigenvalue weighted by molar-refractivity contribution is -0.137. The number of fused-ring (bicyclic) bond motifs is 1. The highest BCUT2D eigenvalue weighted by Gasteiger charge is 2.44. The summed E-state index contributed by atoms with van der Waals surface area (Å²) < 4.78 is 26.4. The Bertz CT molecular complexity index is 1320. The third-order valence-electron chi connectivity index (χ3n) is 7.49. The van der Waals surface area contributed by atoms with Gasteiger partial charge in [0.15, 0.2) is 5.67 Å². The molecule has 0 amide bonds. The van der Waals surface area contributed by atoms with Crippen LogP contribution in [0, 0.1) is 5.41 Å². The first-order valence-corrected chi connectivity index (χ1v) is 13.3. The van der Waals surface area contributed by atoms with Crippen LogP contribution in [0.5, 0.6) is 0 Å². The maximum Gasteiger partial charge on any atom is 0.262 e. The number of benzene rings is 1. The van der Waals surface area contributed by atoms with Gasteiger partial charge in [0, 0.05) is 29.4 Å². The van der Waals surface area contributed by atoms with Crippen molar-refractivity contribution in [2.75, 3.05) is 39.5 Å². The largest absolute Gasteiger partial charge is 0.379 e. The minimum absolute atomic E-state index is 0.0412. The van der Waals surface area contributed by atoms with Crippen molar-refractivity contribution in [3.63, 3.8) is 0 Å². The van der Waals surface area contributed by atoms with Crippen molar-refractivity contribution in [2.24, 2.45) is 21.1 Å². The fourth-order valence-corrected chi connectivity index (χ4v) is 6.08. The van der Waals surface area contributed by atoms with Crippen LogP contribution in [0.4, 0.5) is 4.39 Å². The second-order valence-corrected chi connectivity index (χ2v) is 11.4. The highest BCUT2D eigenvalue weighted by atomic mass is 35.5. The van der Waals surface area contributed by atoms with Crippen molar-refractivity contribution >= 4 is 46.8 Å². The topological polar surface area (TPSA) is 107 Å². The molecule has 12 heteroatoms. The number of piperidine rings is 1. The van der Waals surface area contributed by atoms with Gasteiger partial charge in [-0.15, -0.1) is 0 Å². The van der Waals surface area contributed by atoms with Gasteiger partial charge in [0.05, 0.1) is 61.4 Å². The second-order valence-electron chi connectivity index (χ2n) is 9.97. The average Bonchev–Trinajstić information content (AvgIpc) is 3.22. The average molecular weight is 549 g/mol. The predicted octanol–water partition coefficient (Wildman–Crippen LogP) is 3.24. The molecule has 5 rings (SSSR count). The molecule has 0 aliphatic carbocycles. The summed E-state index contributed by atoms with van der Waals surface area (Å²) in [6.07, 6.45) is 4.94. The van der Waals surface area contributed by atoms with Crippen LogP contribution in [0.3, 0.4) is 0 Å². The maximum atomic E-state index is 14.5. The molecule has 1 spiro atoms. The molecular weight excluding hydrogens is 519 g/mol. The van der Waals surface area contributed by atoms with E-state index in [1.165, 1.54) is 22.7 Å². The number of aromatic nitrogens is 2. The van der Waals surface area contributed by atoms with Crippen LogP contribution in [0.2, 0.25) is 5.02 Å². The van der Waals surface area contributed by atoms with E-state index in [2.05, 4.69) is 26.6 Å². The number of halogens is 2. The molecule has 37 heavy (non-hydrogen) atoms. The molecule has 3 aliphatic heterocycles. The van der Waals surface area contributed by atoms with Gasteiger partial charge in [-0.05, 0) is 38.6 Å². The summed E-state index contributed by atoms with van der Waals surface area (Å²) in [5, 5.41) is 0.995. The normalized spacial score (nSPS) is 23.5. The minimum atomic E-state index is -1.57. The fraction of sp³-hybridized carbons (Fsp3) is 0.520. The zero-order valence-electron chi connectivity index (χ0n) is 20.7. The van der Waals surface area contributed by atoms with Crippen molar-refractivity contribution < 1.29 is 13.9 Å². The lowest BCUT2D eigenvalue weighted by Crippen LogP contribution is -2.50. The molecular formula is C25H30ClFN6O3S. The highest BCUT2D eigenvalue weighted by molar-refractivity contribution is 8.03. The number of likely N-dealkylation sites (tertiary alicyclic amines) is 1. The summed E-state index contributed by atoms with van der Waals surface area (Å²) >= 11 is 7.90. The number of nitrogens with zero attached hydrogens (tertiary/aromatic N) is 5. The first-order valence-electron chi connectivity index (χ1n) is 12.2. The molecule has 198 valence electrons. The van der Waals surface area contributed by atoms with Gasteiger partial charge < -0.3 is 20.1 Å². The molecule has 1 atom stereocenters. The fourth-order valence-electron chi connectivity index (χ4n) is 5.00. The third-order valence-corrected chi connectivity index (χ3v) is 9.00. The monoisotopic (exact) mass is 548 g/mol. The molecule has 9 nitrogen and oxygen atoms in total. The lowest BCUT2D eigenvalue weighted by atomic mass is 9.75. The number of nitrogens with two attached hydrogens (primary N) is 1. The zero-order valence-corrected chi connectivity index (χ0v) is 22.2. The van der Waals surface area contributed by atoms with Crippen molar-refractivity contribution in [3.8, 4) is 0 Å². The number of rotatable bonds is 6. The van der Waals surface area contributed by atoms with E-state index in [-0.39, 0.29) is 41.6 Å². The number of hydrogen-bond acceptors (Lipinski definition) is 8. The van der Waals surface area contributed by atoms with E-state index < -0.39 is 11.2 Å². The van der Waals surface area contributed by atoms with Gasteiger partial charge in [-0.25, -0.2) is 14.4 Å². The molecule has 4 heterocycles. The van der Waals surface area contributed by atoms with Gasteiger partial charge in [-0.2, -0.15) is 0 Å². The Hall–Kier alpha value is -2.31. The van der Waals surface area contributed by atoms with Crippen LogP contribution in [0.15, 0.2) is 49.4 Å². The molecule has 2 aromatic rings.